The number of nitrogens with one attached hydrogen (secondary N) is 1. The molecular weight excluding hydrogens is 344 g/mol. The summed E-state index contributed by atoms with van der Waals surface area (Å²) in [6, 6.07) is 16.1. The lowest BCUT2D eigenvalue weighted by atomic mass is 10.1. The van der Waals surface area contributed by atoms with E-state index in [2.05, 4.69) is 10.4 Å². The Morgan fingerprint density at radius 3 is 2.37 bits per heavy atom. The molecule has 0 saturated heterocycles. The fourth-order valence-electron chi connectivity index (χ4n) is 2.63. The number of rotatable bonds is 5. The number of nitrogens with zero attached hydrogens (tertiary/aromatic N) is 3. The number of methoxy groups -OCH3 is 1. The zero-order valence-corrected chi connectivity index (χ0v) is 15.3. The molecule has 0 aliphatic carbocycles. The molecule has 3 rings (SSSR count). The first kappa shape index (κ1) is 18.2. The van der Waals surface area contributed by atoms with Crippen LogP contribution in [0.1, 0.15) is 20.7 Å². The number of benzene rings is 2. The number of aromatic nitrogens is 2. The molecule has 7 heteroatoms. The van der Waals surface area contributed by atoms with Crippen LogP contribution in [0.2, 0.25) is 0 Å². The summed E-state index contributed by atoms with van der Waals surface area (Å²) in [5.41, 5.74) is 2.25. The zero-order chi connectivity index (χ0) is 19.4. The molecule has 0 saturated carbocycles. The van der Waals surface area contributed by atoms with Crippen molar-refractivity contribution < 1.29 is 14.3 Å². The molecule has 0 spiro atoms. The minimum Gasteiger partial charge on any atom is -0.479 e. The van der Waals surface area contributed by atoms with Crippen molar-refractivity contribution in [1.82, 2.24) is 9.78 Å². The number of hydrogen-bond acceptors (Lipinski definition) is 4. The van der Waals surface area contributed by atoms with Crippen molar-refractivity contribution in [1.29, 1.82) is 0 Å². The Hall–Kier alpha value is -3.61. The molecule has 0 bridgehead atoms. The van der Waals surface area contributed by atoms with Crippen molar-refractivity contribution in [2.24, 2.45) is 7.05 Å². The lowest BCUT2D eigenvalue weighted by molar-refractivity contribution is 0.0991. The van der Waals surface area contributed by atoms with Crippen LogP contribution in [0.4, 0.5) is 11.4 Å². The third kappa shape index (κ3) is 3.98. The fourth-order valence-corrected chi connectivity index (χ4v) is 2.63. The molecule has 0 radical (unpaired) electrons. The molecule has 1 N–H and O–H groups in total. The monoisotopic (exact) mass is 364 g/mol. The van der Waals surface area contributed by atoms with Crippen molar-refractivity contribution in [2.45, 2.75) is 0 Å². The van der Waals surface area contributed by atoms with Gasteiger partial charge in [0.25, 0.3) is 11.8 Å². The minimum atomic E-state index is -0.333. The molecule has 2 amide bonds. The van der Waals surface area contributed by atoms with Gasteiger partial charge in [-0.15, -0.1) is 5.10 Å². The number of anilines is 2. The summed E-state index contributed by atoms with van der Waals surface area (Å²) in [5, 5.41) is 6.84. The van der Waals surface area contributed by atoms with Gasteiger partial charge in [0.05, 0.1) is 7.11 Å². The highest BCUT2D eigenvalue weighted by molar-refractivity contribution is 6.07. The van der Waals surface area contributed by atoms with Gasteiger partial charge in [-0.05, 0) is 36.4 Å². The highest BCUT2D eigenvalue weighted by atomic mass is 16.5. The minimum absolute atomic E-state index is 0.131. The summed E-state index contributed by atoms with van der Waals surface area (Å²) in [5.74, 6) is -0.209. The zero-order valence-electron chi connectivity index (χ0n) is 15.3. The number of para-hydroxylation sites is 1. The Kier molecular flexibility index (Phi) is 5.21. The Balaban J connectivity index is 1.71. The van der Waals surface area contributed by atoms with Crippen molar-refractivity contribution in [3.05, 3.63) is 71.9 Å². The normalized spacial score (nSPS) is 10.3. The Bertz CT molecular complexity index is 949. The summed E-state index contributed by atoms with van der Waals surface area (Å²) in [4.78, 5) is 26.6. The van der Waals surface area contributed by atoms with E-state index in [9.17, 15) is 9.59 Å². The standard InChI is InChI=1S/C20H20N4O3/c1-23-13-17(19(22-23)27-3)18(25)21-15-11-9-14(10-12-15)20(26)24(2)16-7-5-4-6-8-16/h4-13H,1-3H3,(H,21,25). The average molecular weight is 364 g/mol. The van der Waals surface area contributed by atoms with E-state index in [4.69, 9.17) is 4.74 Å². The quantitative estimate of drug-likeness (QED) is 0.755. The van der Waals surface area contributed by atoms with Crippen molar-refractivity contribution >= 4 is 23.2 Å². The van der Waals surface area contributed by atoms with Crippen LogP contribution in [-0.4, -0.2) is 35.8 Å². The van der Waals surface area contributed by atoms with E-state index < -0.39 is 0 Å². The maximum absolute atomic E-state index is 12.6. The van der Waals surface area contributed by atoms with Gasteiger partial charge >= 0.3 is 0 Å². The second-order valence-electron chi connectivity index (χ2n) is 5.96. The van der Waals surface area contributed by atoms with Crippen LogP contribution < -0.4 is 15.0 Å². The molecule has 3 aromatic rings. The number of carbonyl (C=O) groups excluding carboxylic acids is 2. The van der Waals surface area contributed by atoms with Gasteiger partial charge in [-0.1, -0.05) is 18.2 Å². The van der Waals surface area contributed by atoms with Crippen molar-refractivity contribution in [3.8, 4) is 5.88 Å². The smallest absolute Gasteiger partial charge is 0.262 e. The summed E-state index contributed by atoms with van der Waals surface area (Å²) in [7, 11) is 4.90. The topological polar surface area (TPSA) is 76.5 Å². The molecule has 0 atom stereocenters. The van der Waals surface area contributed by atoms with E-state index in [0.717, 1.165) is 5.69 Å². The Labute approximate surface area is 157 Å². The van der Waals surface area contributed by atoms with Crippen molar-refractivity contribution in [2.75, 3.05) is 24.4 Å². The van der Waals surface area contributed by atoms with Crippen LogP contribution in [-0.2, 0) is 7.05 Å². The third-order valence-corrected chi connectivity index (χ3v) is 4.07. The van der Waals surface area contributed by atoms with Crippen LogP contribution in [0.3, 0.4) is 0 Å². The molecule has 138 valence electrons. The Morgan fingerprint density at radius 2 is 1.74 bits per heavy atom. The molecule has 0 aliphatic heterocycles. The number of ether oxygens (including phenoxy) is 1. The summed E-state index contributed by atoms with van der Waals surface area (Å²) >= 11 is 0. The molecule has 0 aliphatic rings. The van der Waals surface area contributed by atoms with Crippen molar-refractivity contribution in [3.63, 3.8) is 0 Å². The maximum Gasteiger partial charge on any atom is 0.262 e. The largest absolute Gasteiger partial charge is 0.479 e. The van der Waals surface area contributed by atoms with Gasteiger partial charge in [-0.25, -0.2) is 0 Å². The number of amides is 2. The van der Waals surface area contributed by atoms with Gasteiger partial charge in [0.2, 0.25) is 5.88 Å². The molecular formula is C20H20N4O3. The first-order valence-corrected chi connectivity index (χ1v) is 8.31. The molecule has 27 heavy (non-hydrogen) atoms. The van der Waals surface area contributed by atoms with Gasteiger partial charge in [0.1, 0.15) is 5.56 Å². The average Bonchev–Trinajstić information content (AvgIpc) is 3.09. The van der Waals surface area contributed by atoms with E-state index in [1.165, 1.54) is 11.8 Å². The third-order valence-electron chi connectivity index (χ3n) is 4.07. The molecule has 0 unspecified atom stereocenters. The SMILES string of the molecule is COc1nn(C)cc1C(=O)Nc1ccc(C(=O)N(C)c2ccccc2)cc1. The van der Waals surface area contributed by atoms with Crippen LogP contribution in [0, 0.1) is 0 Å². The first-order valence-electron chi connectivity index (χ1n) is 8.31. The van der Waals surface area contributed by atoms with E-state index in [-0.39, 0.29) is 17.7 Å². The maximum atomic E-state index is 12.6. The highest BCUT2D eigenvalue weighted by Crippen LogP contribution is 2.19. The van der Waals surface area contributed by atoms with Gasteiger partial charge in [-0.2, -0.15) is 0 Å². The van der Waals surface area contributed by atoms with Gasteiger partial charge in [0.15, 0.2) is 0 Å². The number of hydrogen-bond donors (Lipinski definition) is 1. The lowest BCUT2D eigenvalue weighted by Crippen LogP contribution is -2.26. The van der Waals surface area contributed by atoms with Gasteiger partial charge in [-0.3, -0.25) is 14.3 Å². The van der Waals surface area contributed by atoms with E-state index in [0.29, 0.717) is 16.8 Å². The predicted molar refractivity (Wildman–Crippen MR) is 103 cm³/mol. The first-order chi connectivity index (χ1) is 13.0. The predicted octanol–water partition coefficient (Wildman–Crippen LogP) is 2.96. The summed E-state index contributed by atoms with van der Waals surface area (Å²) in [6.45, 7) is 0. The molecule has 1 aromatic heterocycles. The van der Waals surface area contributed by atoms with E-state index >= 15 is 0 Å². The highest BCUT2D eigenvalue weighted by Gasteiger charge is 2.17. The summed E-state index contributed by atoms with van der Waals surface area (Å²) in [6.07, 6.45) is 1.58. The fraction of sp³-hybridized carbons (Fsp3) is 0.150. The Morgan fingerprint density at radius 1 is 1.07 bits per heavy atom. The molecule has 1 heterocycles. The number of aryl methyl sites for hydroxylation is 1. The number of carbonyl (C=O) groups is 2. The molecule has 7 nitrogen and oxygen atoms in total. The summed E-state index contributed by atoms with van der Waals surface area (Å²) < 4.78 is 6.61. The lowest BCUT2D eigenvalue weighted by Gasteiger charge is -2.17. The second kappa shape index (κ2) is 7.74. The van der Waals surface area contributed by atoms with Crippen LogP contribution >= 0.6 is 0 Å². The second-order valence-corrected chi connectivity index (χ2v) is 5.96. The van der Waals surface area contributed by atoms with Crippen LogP contribution in [0.15, 0.2) is 60.8 Å². The van der Waals surface area contributed by atoms with Crippen LogP contribution in [0.25, 0.3) is 0 Å². The van der Waals surface area contributed by atoms with E-state index in [1.807, 2.05) is 30.3 Å². The van der Waals surface area contributed by atoms with Gasteiger partial charge < -0.3 is 15.0 Å². The van der Waals surface area contributed by atoms with Gasteiger partial charge in [0, 0.05) is 37.2 Å². The molecule has 0 fully saturated rings. The van der Waals surface area contributed by atoms with E-state index in [1.54, 1.807) is 49.5 Å². The van der Waals surface area contributed by atoms with Crippen LogP contribution in [0.5, 0.6) is 5.88 Å². The molecule has 2 aromatic carbocycles.